The Kier molecular flexibility index (Phi) is 5.46. The third-order valence-corrected chi connectivity index (χ3v) is 1.93. The monoisotopic (exact) mass is 180 g/mol. The number of nitrogens with zero attached hydrogens (tertiary/aromatic N) is 1. The summed E-state index contributed by atoms with van der Waals surface area (Å²) in [5, 5.41) is 9.17. The molecular formula is C7H15NOV. The third-order valence-electron chi connectivity index (χ3n) is 1.93. The number of aliphatic hydroxyl groups excluding tert-OH is 1. The zero-order valence-electron chi connectivity index (χ0n) is 6.45. The Morgan fingerprint density at radius 2 is 2.30 bits per heavy atom. The molecular weight excluding hydrogens is 165 g/mol. The van der Waals surface area contributed by atoms with Crippen LogP contribution in [0.3, 0.4) is 0 Å². The van der Waals surface area contributed by atoms with Crippen LogP contribution in [0.15, 0.2) is 0 Å². The summed E-state index contributed by atoms with van der Waals surface area (Å²) in [5.74, 6) is 0. The van der Waals surface area contributed by atoms with Gasteiger partial charge in [-0.25, -0.2) is 0 Å². The van der Waals surface area contributed by atoms with Gasteiger partial charge in [0.2, 0.25) is 0 Å². The van der Waals surface area contributed by atoms with E-state index in [-0.39, 0.29) is 24.7 Å². The largest absolute Gasteiger partial charge is 0.392 e. The van der Waals surface area contributed by atoms with Gasteiger partial charge in [0.25, 0.3) is 0 Å². The van der Waals surface area contributed by atoms with Gasteiger partial charge in [-0.1, -0.05) is 6.92 Å². The Labute approximate surface area is 74.5 Å². The van der Waals surface area contributed by atoms with Gasteiger partial charge in [0.15, 0.2) is 0 Å². The van der Waals surface area contributed by atoms with Gasteiger partial charge in [-0.05, 0) is 25.9 Å². The Hall–Kier alpha value is 0.504. The molecule has 1 radical (unpaired) electrons. The molecule has 10 heavy (non-hydrogen) atoms. The number of hydrogen-bond donors (Lipinski definition) is 1. The van der Waals surface area contributed by atoms with Gasteiger partial charge in [0, 0.05) is 25.1 Å². The number of piperidine rings is 1. The van der Waals surface area contributed by atoms with Crippen molar-refractivity contribution in [1.82, 2.24) is 4.90 Å². The molecule has 1 aliphatic heterocycles. The minimum atomic E-state index is -0.0568. The SMILES string of the molecule is CCN1CCCC(O)C1.[V]. The molecule has 1 heterocycles. The van der Waals surface area contributed by atoms with Gasteiger partial charge < -0.3 is 10.0 Å². The predicted octanol–water partition coefficient (Wildman–Crippen LogP) is 0.460. The molecule has 1 saturated heterocycles. The molecule has 0 bridgehead atoms. The molecule has 0 amide bonds. The van der Waals surface area contributed by atoms with Crippen LogP contribution in [0.5, 0.6) is 0 Å². The van der Waals surface area contributed by atoms with Crippen LogP contribution in [0, 0.1) is 0 Å². The van der Waals surface area contributed by atoms with Crippen molar-refractivity contribution >= 4 is 0 Å². The zero-order valence-corrected chi connectivity index (χ0v) is 7.85. The van der Waals surface area contributed by atoms with Crippen LogP contribution in [0.2, 0.25) is 0 Å². The fourth-order valence-electron chi connectivity index (χ4n) is 1.32. The number of likely N-dealkylation sites (tertiary alicyclic amines) is 1. The molecule has 59 valence electrons. The summed E-state index contributed by atoms with van der Waals surface area (Å²) in [4.78, 5) is 2.29. The molecule has 0 saturated carbocycles. The van der Waals surface area contributed by atoms with Crippen LogP contribution in [-0.4, -0.2) is 35.7 Å². The summed E-state index contributed by atoms with van der Waals surface area (Å²) in [6.07, 6.45) is 2.10. The molecule has 2 nitrogen and oxygen atoms in total. The van der Waals surface area contributed by atoms with Gasteiger partial charge in [0.1, 0.15) is 0 Å². The first-order valence-corrected chi connectivity index (χ1v) is 3.73. The van der Waals surface area contributed by atoms with Gasteiger partial charge in [-0.15, -0.1) is 0 Å². The number of rotatable bonds is 1. The fourth-order valence-corrected chi connectivity index (χ4v) is 1.32. The van der Waals surface area contributed by atoms with Crippen molar-refractivity contribution in [2.24, 2.45) is 0 Å². The Balaban J connectivity index is 0.000000810. The standard InChI is InChI=1S/C7H15NO.V/c1-2-8-5-3-4-7(9)6-8;/h7,9H,2-6H2,1H3;. The molecule has 0 spiro atoms. The van der Waals surface area contributed by atoms with E-state index >= 15 is 0 Å². The van der Waals surface area contributed by atoms with Crippen molar-refractivity contribution in [3.05, 3.63) is 0 Å². The molecule has 0 aromatic carbocycles. The molecule has 1 unspecified atom stereocenters. The van der Waals surface area contributed by atoms with E-state index in [1.54, 1.807) is 0 Å². The molecule has 0 aromatic heterocycles. The van der Waals surface area contributed by atoms with Crippen molar-refractivity contribution in [1.29, 1.82) is 0 Å². The molecule has 0 aromatic rings. The Morgan fingerprint density at radius 1 is 1.60 bits per heavy atom. The van der Waals surface area contributed by atoms with Crippen LogP contribution >= 0.6 is 0 Å². The van der Waals surface area contributed by atoms with E-state index in [2.05, 4.69) is 11.8 Å². The maximum absolute atomic E-state index is 9.17. The predicted molar refractivity (Wildman–Crippen MR) is 37.4 cm³/mol. The Morgan fingerprint density at radius 3 is 2.70 bits per heavy atom. The van der Waals surface area contributed by atoms with Crippen molar-refractivity contribution in [2.75, 3.05) is 19.6 Å². The summed E-state index contributed by atoms with van der Waals surface area (Å²) in [6.45, 7) is 5.28. The van der Waals surface area contributed by atoms with E-state index in [9.17, 15) is 0 Å². The maximum atomic E-state index is 9.17. The summed E-state index contributed by atoms with van der Waals surface area (Å²) >= 11 is 0. The van der Waals surface area contributed by atoms with Crippen molar-refractivity contribution in [3.63, 3.8) is 0 Å². The van der Waals surface area contributed by atoms with Crippen molar-refractivity contribution in [3.8, 4) is 0 Å². The topological polar surface area (TPSA) is 23.5 Å². The maximum Gasteiger partial charge on any atom is 0.0667 e. The molecule has 3 heteroatoms. The first-order valence-electron chi connectivity index (χ1n) is 3.73. The van der Waals surface area contributed by atoms with Crippen LogP contribution in [-0.2, 0) is 18.6 Å². The minimum Gasteiger partial charge on any atom is -0.392 e. The average Bonchev–Trinajstić information content (AvgIpc) is 1.88. The third kappa shape index (κ3) is 3.06. The van der Waals surface area contributed by atoms with Gasteiger partial charge >= 0.3 is 0 Å². The smallest absolute Gasteiger partial charge is 0.0667 e. The van der Waals surface area contributed by atoms with E-state index in [4.69, 9.17) is 5.11 Å². The van der Waals surface area contributed by atoms with Crippen molar-refractivity contribution < 1.29 is 23.7 Å². The number of likely N-dealkylation sites (N-methyl/N-ethyl adjacent to an activating group) is 1. The summed E-state index contributed by atoms with van der Waals surface area (Å²) < 4.78 is 0. The van der Waals surface area contributed by atoms with Crippen LogP contribution in [0.25, 0.3) is 0 Å². The van der Waals surface area contributed by atoms with Crippen LogP contribution < -0.4 is 0 Å². The number of hydrogen-bond acceptors (Lipinski definition) is 2. The molecule has 1 aliphatic rings. The van der Waals surface area contributed by atoms with E-state index in [1.807, 2.05) is 0 Å². The fraction of sp³-hybridized carbons (Fsp3) is 1.00. The summed E-state index contributed by atoms with van der Waals surface area (Å²) in [5.41, 5.74) is 0. The zero-order chi connectivity index (χ0) is 6.69. The van der Waals surface area contributed by atoms with Crippen LogP contribution in [0.1, 0.15) is 19.8 Å². The van der Waals surface area contributed by atoms with Gasteiger partial charge in [0.05, 0.1) is 6.10 Å². The van der Waals surface area contributed by atoms with E-state index in [1.165, 1.54) is 6.54 Å². The average molecular weight is 180 g/mol. The van der Waals surface area contributed by atoms with E-state index < -0.39 is 0 Å². The second kappa shape index (κ2) is 5.19. The number of aliphatic hydroxyl groups is 1. The molecule has 1 atom stereocenters. The quantitative estimate of drug-likeness (QED) is 0.633. The van der Waals surface area contributed by atoms with E-state index in [0.29, 0.717) is 0 Å². The first-order chi connectivity index (χ1) is 4.33. The van der Waals surface area contributed by atoms with E-state index in [0.717, 1.165) is 25.9 Å². The normalized spacial score (nSPS) is 27.6. The molecule has 1 N–H and O–H groups in total. The number of β-amino-alcohol motifs (C(OH)–C–C–N with tert-alkyl or cyclic N) is 1. The molecule has 1 fully saturated rings. The Bertz CT molecular complexity index is 89.7. The summed E-state index contributed by atoms with van der Waals surface area (Å²) in [6, 6.07) is 0. The molecule has 1 rings (SSSR count). The van der Waals surface area contributed by atoms with Gasteiger partial charge in [-0.2, -0.15) is 0 Å². The second-order valence-electron chi connectivity index (χ2n) is 2.69. The van der Waals surface area contributed by atoms with Gasteiger partial charge in [-0.3, -0.25) is 0 Å². The van der Waals surface area contributed by atoms with Crippen molar-refractivity contribution in [2.45, 2.75) is 25.9 Å². The van der Waals surface area contributed by atoms with Crippen LogP contribution in [0.4, 0.5) is 0 Å². The summed E-state index contributed by atoms with van der Waals surface area (Å²) in [7, 11) is 0. The first kappa shape index (κ1) is 10.5. The molecule has 0 aliphatic carbocycles. The second-order valence-corrected chi connectivity index (χ2v) is 2.69. The minimum absolute atomic E-state index is 0.